The van der Waals surface area contributed by atoms with Crippen LogP contribution in [0.4, 0.5) is 18.9 Å². The van der Waals surface area contributed by atoms with E-state index in [1.54, 1.807) is 0 Å². The van der Waals surface area contributed by atoms with E-state index in [0.29, 0.717) is 31.6 Å². The van der Waals surface area contributed by atoms with Gasteiger partial charge in [-0.3, -0.25) is 4.79 Å². The van der Waals surface area contributed by atoms with E-state index < -0.39 is 23.4 Å². The van der Waals surface area contributed by atoms with Gasteiger partial charge in [-0.2, -0.15) is 0 Å². The molecule has 3 rings (SSSR count). The van der Waals surface area contributed by atoms with E-state index in [4.69, 9.17) is 9.47 Å². The van der Waals surface area contributed by atoms with Gasteiger partial charge in [-0.15, -0.1) is 0 Å². The summed E-state index contributed by atoms with van der Waals surface area (Å²) in [5.41, 5.74) is 0.140. The number of hydrogen-bond donors (Lipinski definition) is 0. The zero-order valence-electron chi connectivity index (χ0n) is 12.6. The summed E-state index contributed by atoms with van der Waals surface area (Å²) < 4.78 is 51.6. The molecule has 2 heterocycles. The number of aryl methyl sites for hydroxylation is 1. The number of rotatable bonds is 4. The van der Waals surface area contributed by atoms with Crippen LogP contribution in [0.1, 0.15) is 24.8 Å². The maximum Gasteiger partial charge on any atom is 0.253 e. The van der Waals surface area contributed by atoms with Crippen LogP contribution in [0.15, 0.2) is 6.07 Å². The largest absolute Gasteiger partial charge is 0.376 e. The fraction of sp³-hybridized carbons (Fsp3) is 0.562. The maximum absolute atomic E-state index is 14.1. The van der Waals surface area contributed by atoms with Crippen molar-refractivity contribution in [2.24, 2.45) is 0 Å². The minimum atomic E-state index is -1.55. The minimum Gasteiger partial charge on any atom is -0.376 e. The van der Waals surface area contributed by atoms with E-state index in [9.17, 15) is 18.0 Å². The second-order valence-corrected chi connectivity index (χ2v) is 5.79. The Morgan fingerprint density at radius 1 is 1.30 bits per heavy atom. The summed E-state index contributed by atoms with van der Waals surface area (Å²) in [5.74, 6) is -4.56. The molecule has 7 heteroatoms. The maximum atomic E-state index is 14.1. The standard InChI is InChI=1S/C16H18F3NO3/c17-12-7-10-3-1-5-20(16(10)15(19)14(12)18)13(21)9-22-8-11-4-2-6-23-11/h7,11H,1-6,8-9H2. The second-order valence-electron chi connectivity index (χ2n) is 5.79. The van der Waals surface area contributed by atoms with Crippen LogP contribution < -0.4 is 4.90 Å². The molecule has 1 aromatic rings. The third kappa shape index (κ3) is 3.35. The predicted octanol–water partition coefficient (Wildman–Crippen LogP) is 2.58. The highest BCUT2D eigenvalue weighted by molar-refractivity contribution is 5.95. The van der Waals surface area contributed by atoms with E-state index in [2.05, 4.69) is 0 Å². The highest BCUT2D eigenvalue weighted by Crippen LogP contribution is 2.33. The molecule has 2 aliphatic rings. The molecule has 1 aromatic carbocycles. The predicted molar refractivity (Wildman–Crippen MR) is 76.8 cm³/mol. The van der Waals surface area contributed by atoms with Crippen LogP contribution in [-0.2, 0) is 20.7 Å². The average Bonchev–Trinajstić information content (AvgIpc) is 3.05. The van der Waals surface area contributed by atoms with E-state index in [1.165, 1.54) is 0 Å². The van der Waals surface area contributed by atoms with E-state index in [-0.39, 0.29) is 24.9 Å². The van der Waals surface area contributed by atoms with Gasteiger partial charge in [0.25, 0.3) is 5.91 Å². The molecule has 23 heavy (non-hydrogen) atoms. The molecule has 0 saturated carbocycles. The Morgan fingerprint density at radius 2 is 2.13 bits per heavy atom. The van der Waals surface area contributed by atoms with Crippen LogP contribution in [0.3, 0.4) is 0 Å². The summed E-state index contributed by atoms with van der Waals surface area (Å²) in [5, 5.41) is 0. The smallest absolute Gasteiger partial charge is 0.253 e. The normalized spacial score (nSPS) is 20.7. The molecular weight excluding hydrogens is 311 g/mol. The molecule has 0 N–H and O–H groups in total. The van der Waals surface area contributed by atoms with E-state index >= 15 is 0 Å². The SMILES string of the molecule is O=C(COCC1CCCO1)N1CCCc2cc(F)c(F)c(F)c21. The second kappa shape index (κ2) is 6.88. The van der Waals surface area contributed by atoms with Gasteiger partial charge in [-0.25, -0.2) is 13.2 Å². The summed E-state index contributed by atoms with van der Waals surface area (Å²) in [4.78, 5) is 13.4. The molecule has 0 aromatic heterocycles. The lowest BCUT2D eigenvalue weighted by Crippen LogP contribution is -2.39. The number of carbonyl (C=O) groups is 1. The van der Waals surface area contributed by atoms with Crippen molar-refractivity contribution >= 4 is 11.6 Å². The molecule has 126 valence electrons. The number of anilines is 1. The van der Waals surface area contributed by atoms with Gasteiger partial charge in [0, 0.05) is 13.2 Å². The lowest BCUT2D eigenvalue weighted by Gasteiger charge is -2.30. The summed E-state index contributed by atoms with van der Waals surface area (Å²) in [6, 6.07) is 0.959. The third-order valence-electron chi connectivity index (χ3n) is 4.17. The van der Waals surface area contributed by atoms with E-state index in [0.717, 1.165) is 23.8 Å². The minimum absolute atomic E-state index is 0.0141. The lowest BCUT2D eigenvalue weighted by molar-refractivity contribution is -0.124. The van der Waals surface area contributed by atoms with Crippen LogP contribution in [0.5, 0.6) is 0 Å². The van der Waals surface area contributed by atoms with Gasteiger partial charge in [-0.1, -0.05) is 0 Å². The Balaban J connectivity index is 1.69. The van der Waals surface area contributed by atoms with Crippen LogP contribution in [0.2, 0.25) is 0 Å². The fourth-order valence-electron chi connectivity index (χ4n) is 3.04. The van der Waals surface area contributed by atoms with Crippen molar-refractivity contribution in [2.75, 3.05) is 31.3 Å². The number of benzene rings is 1. The molecule has 1 atom stereocenters. The van der Waals surface area contributed by atoms with Crippen LogP contribution in [0.25, 0.3) is 0 Å². The van der Waals surface area contributed by atoms with Crippen LogP contribution in [-0.4, -0.2) is 38.4 Å². The van der Waals surface area contributed by atoms with Crippen LogP contribution >= 0.6 is 0 Å². The molecule has 2 aliphatic heterocycles. The Morgan fingerprint density at radius 3 is 2.87 bits per heavy atom. The van der Waals surface area contributed by atoms with Gasteiger partial charge >= 0.3 is 0 Å². The van der Waals surface area contributed by atoms with Gasteiger partial charge in [-0.05, 0) is 37.3 Å². The Kier molecular flexibility index (Phi) is 4.87. The first-order valence-electron chi connectivity index (χ1n) is 7.74. The van der Waals surface area contributed by atoms with Crippen molar-refractivity contribution in [2.45, 2.75) is 31.8 Å². The summed E-state index contributed by atoms with van der Waals surface area (Å²) in [6.45, 7) is 1.01. The monoisotopic (exact) mass is 329 g/mol. The molecule has 4 nitrogen and oxygen atoms in total. The van der Waals surface area contributed by atoms with Gasteiger partial charge in [0.2, 0.25) is 0 Å². The zero-order chi connectivity index (χ0) is 16.4. The molecule has 1 unspecified atom stereocenters. The van der Waals surface area contributed by atoms with Gasteiger partial charge < -0.3 is 14.4 Å². The lowest BCUT2D eigenvalue weighted by atomic mass is 10.0. The van der Waals surface area contributed by atoms with Crippen molar-refractivity contribution in [3.63, 3.8) is 0 Å². The van der Waals surface area contributed by atoms with E-state index in [1.807, 2.05) is 0 Å². The number of carbonyl (C=O) groups excluding carboxylic acids is 1. The zero-order valence-corrected chi connectivity index (χ0v) is 12.6. The highest BCUT2D eigenvalue weighted by Gasteiger charge is 2.29. The Labute approximate surface area is 132 Å². The molecule has 0 spiro atoms. The topological polar surface area (TPSA) is 38.8 Å². The van der Waals surface area contributed by atoms with Crippen LogP contribution in [0, 0.1) is 17.5 Å². The number of hydrogen-bond acceptors (Lipinski definition) is 3. The quantitative estimate of drug-likeness (QED) is 0.797. The number of ether oxygens (including phenoxy) is 2. The fourth-order valence-corrected chi connectivity index (χ4v) is 3.04. The van der Waals surface area contributed by atoms with Crippen molar-refractivity contribution in [3.05, 3.63) is 29.1 Å². The molecule has 1 fully saturated rings. The summed E-state index contributed by atoms with van der Waals surface area (Å²) in [7, 11) is 0. The first-order valence-corrected chi connectivity index (χ1v) is 7.74. The average molecular weight is 329 g/mol. The van der Waals surface area contributed by atoms with Gasteiger partial charge in [0.05, 0.1) is 18.4 Å². The molecular formula is C16H18F3NO3. The first-order chi connectivity index (χ1) is 11.1. The number of amides is 1. The molecule has 1 amide bonds. The number of fused-ring (bicyclic) bond motifs is 1. The summed E-state index contributed by atoms with van der Waals surface area (Å²) >= 11 is 0. The van der Waals surface area contributed by atoms with Crippen molar-refractivity contribution in [1.29, 1.82) is 0 Å². The van der Waals surface area contributed by atoms with Gasteiger partial charge in [0.15, 0.2) is 17.5 Å². The number of halogens is 3. The molecule has 1 saturated heterocycles. The highest BCUT2D eigenvalue weighted by atomic mass is 19.2. The first kappa shape index (κ1) is 16.3. The summed E-state index contributed by atoms with van der Waals surface area (Å²) in [6.07, 6.45) is 2.82. The Bertz CT molecular complexity index is 603. The molecule has 0 bridgehead atoms. The Hall–Kier alpha value is -1.60. The van der Waals surface area contributed by atoms with Gasteiger partial charge in [0.1, 0.15) is 6.61 Å². The number of nitrogens with zero attached hydrogens (tertiary/aromatic N) is 1. The molecule has 0 aliphatic carbocycles. The van der Waals surface area contributed by atoms with Crippen molar-refractivity contribution in [3.8, 4) is 0 Å². The molecule has 0 radical (unpaired) electrons. The third-order valence-corrected chi connectivity index (χ3v) is 4.17. The van der Waals surface area contributed by atoms with Crippen molar-refractivity contribution in [1.82, 2.24) is 0 Å². The van der Waals surface area contributed by atoms with Crippen molar-refractivity contribution < 1.29 is 27.4 Å².